The Morgan fingerprint density at radius 2 is 0.608 bits per heavy atom. The SMILES string of the molecule is CCCC(=O)OCO/C(=C(/C#N)c1ccc(C(C)(C)C)cc1)c1c(Cl)c(C)nn1C.CCOC(=O)OCO/C(=C(/C#N)c1ccc(C(C)(C)C)cc1)c1c(Cl)c(C)nn1C.COC(=O)OCO/C(=C(/C#N)c1ccc(C(C)(C)C)cc1)c1c(Cl)c(C)nn1C.Cc1nn(C)c(/C(OCOC(=O)OC(C)C)=C(\C#N)c2ccc(C(C)(C)C)cc2)c1Cl. The normalized spacial score (nSPS) is 12.2. The number of nitrogens with zero attached hydrogens (tertiary/aromatic N) is 12. The molecule has 0 aliphatic heterocycles. The summed E-state index contributed by atoms with van der Waals surface area (Å²) in [4.78, 5) is 46.2. The van der Waals surface area contributed by atoms with Crippen LogP contribution in [-0.2, 0) is 107 Å². The van der Waals surface area contributed by atoms with Gasteiger partial charge in [0.25, 0.3) is 0 Å². The van der Waals surface area contributed by atoms with E-state index in [1.54, 1.807) is 81.3 Å². The van der Waals surface area contributed by atoms with Crippen LogP contribution >= 0.6 is 46.4 Å². The van der Waals surface area contributed by atoms with Gasteiger partial charge in [0.2, 0.25) is 27.2 Å². The van der Waals surface area contributed by atoms with Crippen molar-refractivity contribution in [2.24, 2.45) is 28.2 Å². The van der Waals surface area contributed by atoms with Gasteiger partial charge in [-0.2, -0.15) is 41.4 Å². The summed E-state index contributed by atoms with van der Waals surface area (Å²) in [7, 11) is 8.00. The van der Waals surface area contributed by atoms with Crippen LogP contribution in [0.3, 0.4) is 0 Å². The fourth-order valence-electron chi connectivity index (χ4n) is 11.4. The van der Waals surface area contributed by atoms with E-state index in [0.717, 1.165) is 22.3 Å². The Labute approximate surface area is 723 Å². The molecule has 0 spiro atoms. The predicted molar refractivity (Wildman–Crippen MR) is 461 cm³/mol. The molecule has 0 N–H and O–H groups in total. The summed E-state index contributed by atoms with van der Waals surface area (Å²) in [5.74, 6) is 0.346. The average molecular weight is 1730 g/mol. The van der Waals surface area contributed by atoms with Crippen molar-refractivity contribution < 1.29 is 71.3 Å². The van der Waals surface area contributed by atoms with Gasteiger partial charge in [-0.1, -0.05) is 233 Å². The zero-order valence-electron chi connectivity index (χ0n) is 72.8. The third-order valence-electron chi connectivity index (χ3n) is 17.7. The quantitative estimate of drug-likeness (QED) is 0.0178. The molecule has 640 valence electrons. The van der Waals surface area contributed by atoms with Crippen molar-refractivity contribution in [3.05, 3.63) is 207 Å². The summed E-state index contributed by atoms with van der Waals surface area (Å²) < 4.78 is 63.0. The summed E-state index contributed by atoms with van der Waals surface area (Å²) in [5.41, 5.74) is 12.1. The summed E-state index contributed by atoms with van der Waals surface area (Å²) in [5, 5.41) is 58.3. The summed E-state index contributed by atoms with van der Waals surface area (Å²) >= 11 is 25.8. The molecule has 0 saturated heterocycles. The van der Waals surface area contributed by atoms with E-state index in [0.29, 0.717) is 101 Å². The number of ether oxygens (including phenoxy) is 11. The maximum Gasteiger partial charge on any atom is 0.511 e. The molecule has 31 heteroatoms. The molecule has 4 heterocycles. The van der Waals surface area contributed by atoms with E-state index in [4.69, 9.17) is 93.8 Å². The molecule has 0 radical (unpaired) electrons. The van der Waals surface area contributed by atoms with Gasteiger partial charge in [0.1, 0.15) is 69.3 Å². The highest BCUT2D eigenvalue weighted by Gasteiger charge is 2.30. The van der Waals surface area contributed by atoms with Gasteiger partial charge in [-0.3, -0.25) is 23.5 Å². The van der Waals surface area contributed by atoms with Crippen LogP contribution in [0.4, 0.5) is 14.4 Å². The molecule has 27 nitrogen and oxygen atoms in total. The molecule has 4 aromatic heterocycles. The summed E-state index contributed by atoms with van der Waals surface area (Å²) in [6.45, 7) is 37.9. The van der Waals surface area contributed by atoms with Crippen molar-refractivity contribution in [2.75, 3.05) is 40.9 Å². The third-order valence-corrected chi connectivity index (χ3v) is 19.6. The lowest BCUT2D eigenvalue weighted by atomic mass is 9.86. The fraction of sp³-hybridized carbons (Fsp3) is 0.416. The molecule has 0 bridgehead atoms. The molecule has 8 rings (SSSR count). The fourth-order valence-corrected chi connectivity index (χ4v) is 12.4. The van der Waals surface area contributed by atoms with Crippen molar-refractivity contribution in [3.8, 4) is 24.3 Å². The second-order valence-electron chi connectivity index (χ2n) is 31.4. The van der Waals surface area contributed by atoms with Crippen molar-refractivity contribution >= 4 is 116 Å². The number of methoxy groups -OCH3 is 1. The lowest BCUT2D eigenvalue weighted by molar-refractivity contribution is -0.151. The van der Waals surface area contributed by atoms with Gasteiger partial charge in [-0.15, -0.1) is 0 Å². The minimum Gasteiger partial charge on any atom is -0.454 e. The molecular formula is C89H106Cl4N12O15. The van der Waals surface area contributed by atoms with Gasteiger partial charge < -0.3 is 52.1 Å². The molecule has 0 unspecified atom stereocenters. The van der Waals surface area contributed by atoms with E-state index in [-0.39, 0.29) is 92.5 Å². The van der Waals surface area contributed by atoms with Crippen LogP contribution in [0.2, 0.25) is 20.1 Å². The van der Waals surface area contributed by atoms with Crippen LogP contribution in [-0.4, -0.2) is 111 Å². The average Bonchev–Trinajstić information content (AvgIpc) is 1.59. The second-order valence-corrected chi connectivity index (χ2v) is 32.9. The maximum atomic E-state index is 11.7. The van der Waals surface area contributed by atoms with Gasteiger partial charge in [0.05, 0.1) is 62.7 Å². The highest BCUT2D eigenvalue weighted by molar-refractivity contribution is 6.34. The van der Waals surface area contributed by atoms with Crippen LogP contribution in [0.15, 0.2) is 97.1 Å². The molecular weight excluding hydrogens is 1620 g/mol. The number of esters is 1. The molecule has 0 aliphatic carbocycles. The Bertz CT molecular complexity index is 5070. The molecule has 0 fully saturated rings. The monoisotopic (exact) mass is 1720 g/mol. The molecule has 0 amide bonds. The number of allylic oxidation sites excluding steroid dienone is 4. The van der Waals surface area contributed by atoms with Crippen LogP contribution in [0, 0.1) is 73.0 Å². The Hall–Kier alpha value is -11.7. The zero-order chi connectivity index (χ0) is 90.1. The molecule has 0 atom stereocenters. The van der Waals surface area contributed by atoms with Crippen molar-refractivity contribution in [1.82, 2.24) is 39.1 Å². The predicted octanol–water partition coefficient (Wildman–Crippen LogP) is 21.0. The van der Waals surface area contributed by atoms with E-state index in [1.807, 2.05) is 104 Å². The Balaban J connectivity index is 0.000000285. The standard InChI is InChI=1S/C23H28ClN3O4.C23H28ClN3O3.C22H26ClN3O4.C21H24ClN3O4/c1-14(2)31-22(28)30-13-29-21(20-19(24)15(3)26-27(20)7)18(12-25)16-8-10-17(11-9-16)23(4,5)6;1-7-8-19(28)29-14-30-22(21-20(24)15(2)26-27(21)6)18(13-25)16-9-11-17(12-10-16)23(3,4)5;1-7-28-21(27)30-13-29-20(19-18(23)14(2)25-26(19)6)17(12-24)15-8-10-16(11-9-15)22(3,4)5;1-13-17(22)18(25(5)24-13)19(28-12-29-20(26)27-6)16(11-23)14-7-9-15(10-8-14)21(2,3)4/h8-11,14H,13H2,1-7H3;9-12H,7-8,14H2,1-6H3;8-11H,7,13H2,1-6H3;7-10H,12H2,1-6H3/b21-18-;22-18-;20-17-;19-16-. The number of rotatable bonds is 24. The first kappa shape index (κ1) is 98.9. The number of nitriles is 4. The number of benzene rings is 4. The van der Waals surface area contributed by atoms with Crippen molar-refractivity contribution in [1.29, 1.82) is 21.0 Å². The van der Waals surface area contributed by atoms with Crippen LogP contribution in [0.1, 0.15) is 214 Å². The van der Waals surface area contributed by atoms with Gasteiger partial charge in [0, 0.05) is 34.6 Å². The largest absolute Gasteiger partial charge is 0.511 e. The molecule has 0 saturated carbocycles. The minimum atomic E-state index is -0.898. The lowest BCUT2D eigenvalue weighted by Crippen LogP contribution is -2.15. The second kappa shape index (κ2) is 44.4. The molecule has 120 heavy (non-hydrogen) atoms. The Morgan fingerprint density at radius 1 is 0.375 bits per heavy atom. The smallest absolute Gasteiger partial charge is 0.454 e. The maximum absolute atomic E-state index is 11.7. The number of hydrogen-bond donors (Lipinski definition) is 0. The number of hydrogen-bond acceptors (Lipinski definition) is 23. The highest BCUT2D eigenvalue weighted by Crippen LogP contribution is 2.40. The van der Waals surface area contributed by atoms with Gasteiger partial charge in [-0.05, 0) is 121 Å². The van der Waals surface area contributed by atoms with Gasteiger partial charge >= 0.3 is 24.4 Å². The third kappa shape index (κ3) is 27.2. The van der Waals surface area contributed by atoms with Gasteiger partial charge in [0.15, 0.2) is 23.0 Å². The summed E-state index contributed by atoms with van der Waals surface area (Å²) in [6.07, 6.45) is -1.98. The Kier molecular flexibility index (Phi) is 36.5. The summed E-state index contributed by atoms with van der Waals surface area (Å²) in [6, 6.07) is 39.4. The van der Waals surface area contributed by atoms with E-state index >= 15 is 0 Å². The topological polar surface area (TPSA) is 336 Å². The number of aromatic nitrogens is 8. The van der Waals surface area contributed by atoms with Crippen molar-refractivity contribution in [2.45, 2.75) is 179 Å². The number of carbonyl (C=O) groups is 4. The first-order valence-electron chi connectivity index (χ1n) is 38.0. The van der Waals surface area contributed by atoms with E-state index in [1.165, 1.54) is 21.2 Å². The molecule has 8 aromatic rings. The lowest BCUT2D eigenvalue weighted by Gasteiger charge is -2.19. The number of aryl methyl sites for hydroxylation is 8. The van der Waals surface area contributed by atoms with Crippen LogP contribution in [0.25, 0.3) is 45.3 Å². The van der Waals surface area contributed by atoms with E-state index < -0.39 is 38.8 Å². The molecule has 4 aromatic carbocycles. The zero-order valence-corrected chi connectivity index (χ0v) is 75.8. The highest BCUT2D eigenvalue weighted by atomic mass is 35.5. The Morgan fingerprint density at radius 3 is 0.800 bits per heavy atom. The van der Waals surface area contributed by atoms with Crippen molar-refractivity contribution in [3.63, 3.8) is 0 Å². The van der Waals surface area contributed by atoms with Crippen LogP contribution < -0.4 is 0 Å². The first-order chi connectivity index (χ1) is 56.2. The molecule has 0 aliphatic rings. The van der Waals surface area contributed by atoms with Gasteiger partial charge in [-0.25, -0.2) is 14.4 Å². The first-order valence-corrected chi connectivity index (χ1v) is 39.6. The van der Waals surface area contributed by atoms with E-state index in [9.17, 15) is 40.2 Å². The van der Waals surface area contributed by atoms with Crippen LogP contribution in [0.5, 0.6) is 0 Å². The van der Waals surface area contributed by atoms with E-state index in [2.05, 4.69) is 132 Å². The minimum absolute atomic E-state index is 0.00960. The number of carbonyl (C=O) groups excluding carboxylic acids is 4. The number of halogens is 4.